The summed E-state index contributed by atoms with van der Waals surface area (Å²) < 4.78 is 31.2. The molecule has 7 heteroatoms. The number of ether oxygens (including phenoxy) is 1. The lowest BCUT2D eigenvalue weighted by molar-refractivity contribution is -0.121. The fourth-order valence-electron chi connectivity index (χ4n) is 3.49. The van der Waals surface area contributed by atoms with Crippen molar-refractivity contribution in [3.05, 3.63) is 59.2 Å². The van der Waals surface area contributed by atoms with Gasteiger partial charge in [-0.3, -0.25) is 9.10 Å². The number of nitrogens with one attached hydrogen (secondary N) is 1. The van der Waals surface area contributed by atoms with Gasteiger partial charge in [-0.1, -0.05) is 25.1 Å². The lowest BCUT2D eigenvalue weighted by Gasteiger charge is -2.23. The first-order valence-electron chi connectivity index (χ1n) is 10.1. The molecule has 164 valence electrons. The molecule has 2 aromatic rings. The van der Waals surface area contributed by atoms with Crippen LogP contribution in [0.15, 0.2) is 42.5 Å². The number of rotatable bonds is 10. The Bertz CT molecular complexity index is 935. The molecule has 0 aliphatic rings. The largest absolute Gasteiger partial charge is 0.497 e. The number of anilines is 1. The maximum Gasteiger partial charge on any atom is 0.232 e. The Kier molecular flexibility index (Phi) is 8.29. The van der Waals surface area contributed by atoms with Crippen LogP contribution in [0.3, 0.4) is 0 Å². The summed E-state index contributed by atoms with van der Waals surface area (Å²) in [5, 5.41) is 3.04. The van der Waals surface area contributed by atoms with Gasteiger partial charge in [0.05, 0.1) is 25.1 Å². The molecule has 0 saturated heterocycles. The number of carbonyl (C=O) groups is 1. The number of amides is 1. The number of hydrogen-bond donors (Lipinski definition) is 1. The van der Waals surface area contributed by atoms with Gasteiger partial charge < -0.3 is 10.1 Å². The van der Waals surface area contributed by atoms with Crippen molar-refractivity contribution in [2.45, 2.75) is 46.1 Å². The monoisotopic (exact) mass is 432 g/mol. The summed E-state index contributed by atoms with van der Waals surface area (Å²) in [5.41, 5.74) is 3.66. The second-order valence-corrected chi connectivity index (χ2v) is 9.49. The number of benzene rings is 2. The van der Waals surface area contributed by atoms with E-state index in [2.05, 4.69) is 5.32 Å². The van der Waals surface area contributed by atoms with Crippen LogP contribution in [0.1, 0.15) is 48.9 Å². The first-order chi connectivity index (χ1) is 14.1. The third-order valence-electron chi connectivity index (χ3n) is 4.92. The summed E-state index contributed by atoms with van der Waals surface area (Å²) >= 11 is 0. The maximum absolute atomic E-state index is 12.5. The van der Waals surface area contributed by atoms with Gasteiger partial charge in [-0.25, -0.2) is 8.42 Å². The van der Waals surface area contributed by atoms with E-state index in [1.165, 1.54) is 10.6 Å². The Morgan fingerprint density at radius 1 is 1.10 bits per heavy atom. The third-order valence-corrected chi connectivity index (χ3v) is 6.12. The van der Waals surface area contributed by atoms with E-state index in [1.54, 1.807) is 7.11 Å². The average molecular weight is 433 g/mol. The third kappa shape index (κ3) is 6.76. The van der Waals surface area contributed by atoms with E-state index in [9.17, 15) is 13.2 Å². The molecule has 1 N–H and O–H groups in total. The van der Waals surface area contributed by atoms with Crippen LogP contribution in [0.5, 0.6) is 5.75 Å². The minimum absolute atomic E-state index is 0.0890. The Balaban J connectivity index is 1.99. The number of aryl methyl sites for hydroxylation is 2. The van der Waals surface area contributed by atoms with E-state index in [0.29, 0.717) is 12.1 Å². The Labute approximate surface area is 180 Å². The van der Waals surface area contributed by atoms with Crippen molar-refractivity contribution in [3.8, 4) is 5.75 Å². The predicted octanol–water partition coefficient (Wildman–Crippen LogP) is 4.13. The minimum Gasteiger partial charge on any atom is -0.497 e. The molecule has 0 aliphatic carbocycles. The van der Waals surface area contributed by atoms with Crippen LogP contribution in [0.2, 0.25) is 0 Å². The lowest BCUT2D eigenvalue weighted by atomic mass is 10.0. The maximum atomic E-state index is 12.5. The van der Waals surface area contributed by atoms with E-state index in [1.807, 2.05) is 63.2 Å². The van der Waals surface area contributed by atoms with Gasteiger partial charge in [0.25, 0.3) is 0 Å². The van der Waals surface area contributed by atoms with Crippen molar-refractivity contribution < 1.29 is 17.9 Å². The van der Waals surface area contributed by atoms with Gasteiger partial charge in [-0.05, 0) is 67.6 Å². The van der Waals surface area contributed by atoms with Crippen LogP contribution in [0.25, 0.3) is 0 Å². The highest BCUT2D eigenvalue weighted by Gasteiger charge is 2.19. The molecular weight excluding hydrogens is 400 g/mol. The first-order valence-corrected chi connectivity index (χ1v) is 12.0. The van der Waals surface area contributed by atoms with Crippen LogP contribution in [-0.4, -0.2) is 34.2 Å². The first kappa shape index (κ1) is 23.7. The number of methoxy groups -OCH3 is 1. The summed E-state index contributed by atoms with van der Waals surface area (Å²) in [7, 11) is -1.82. The fraction of sp³-hybridized carbons (Fsp3) is 0.435. The fourth-order valence-corrected chi connectivity index (χ4v) is 4.44. The summed E-state index contributed by atoms with van der Waals surface area (Å²) in [6, 6.07) is 13.2. The molecule has 0 bridgehead atoms. The number of carbonyl (C=O) groups excluding carboxylic acids is 1. The van der Waals surface area contributed by atoms with Gasteiger partial charge >= 0.3 is 0 Å². The smallest absolute Gasteiger partial charge is 0.232 e. The summed E-state index contributed by atoms with van der Waals surface area (Å²) in [5.74, 6) is 0.679. The minimum atomic E-state index is -3.44. The number of sulfonamides is 1. The van der Waals surface area contributed by atoms with Crippen molar-refractivity contribution in [1.82, 2.24) is 5.32 Å². The number of nitrogens with zero attached hydrogens (tertiary/aromatic N) is 1. The standard InChI is InChI=1S/C23H32N2O4S/c1-6-22(19-9-11-21(29-4)12-10-19)24-23(26)8-7-13-25(30(5,27)28)20-15-17(2)14-18(3)16-20/h9-12,14-16,22H,6-8,13H2,1-5H3,(H,24,26). The summed E-state index contributed by atoms with van der Waals surface area (Å²) in [6.45, 7) is 6.15. The van der Waals surface area contributed by atoms with Gasteiger partial charge in [-0.2, -0.15) is 0 Å². The highest BCUT2D eigenvalue weighted by Crippen LogP contribution is 2.23. The highest BCUT2D eigenvalue weighted by atomic mass is 32.2. The molecule has 2 aromatic carbocycles. The summed E-state index contributed by atoms with van der Waals surface area (Å²) in [4.78, 5) is 12.5. The van der Waals surface area contributed by atoms with Gasteiger partial charge in [0, 0.05) is 13.0 Å². The Morgan fingerprint density at radius 3 is 2.20 bits per heavy atom. The molecule has 6 nitrogen and oxygen atoms in total. The molecule has 1 atom stereocenters. The van der Waals surface area contributed by atoms with Gasteiger partial charge in [0.15, 0.2) is 0 Å². The molecule has 0 radical (unpaired) electrons. The summed E-state index contributed by atoms with van der Waals surface area (Å²) in [6.07, 6.45) is 2.64. The highest BCUT2D eigenvalue weighted by molar-refractivity contribution is 7.92. The molecule has 2 rings (SSSR count). The van der Waals surface area contributed by atoms with E-state index in [-0.39, 0.29) is 24.9 Å². The van der Waals surface area contributed by atoms with Crippen molar-refractivity contribution >= 4 is 21.6 Å². The Morgan fingerprint density at radius 2 is 1.70 bits per heavy atom. The van der Waals surface area contributed by atoms with Gasteiger partial charge in [0.2, 0.25) is 15.9 Å². The average Bonchev–Trinajstić information content (AvgIpc) is 2.67. The van der Waals surface area contributed by atoms with Crippen LogP contribution in [-0.2, 0) is 14.8 Å². The molecule has 0 aromatic heterocycles. The molecule has 0 spiro atoms. The zero-order valence-electron chi connectivity index (χ0n) is 18.4. The predicted molar refractivity (Wildman–Crippen MR) is 122 cm³/mol. The van der Waals surface area contributed by atoms with Crippen molar-refractivity contribution in [3.63, 3.8) is 0 Å². The SMILES string of the molecule is CCC(NC(=O)CCCN(c1cc(C)cc(C)c1)S(C)(=O)=O)c1ccc(OC)cc1. The van der Waals surface area contributed by atoms with E-state index >= 15 is 0 Å². The number of hydrogen-bond acceptors (Lipinski definition) is 4. The van der Waals surface area contributed by atoms with E-state index < -0.39 is 10.0 Å². The zero-order valence-corrected chi connectivity index (χ0v) is 19.3. The van der Waals surface area contributed by atoms with Crippen LogP contribution in [0, 0.1) is 13.8 Å². The van der Waals surface area contributed by atoms with Crippen LogP contribution < -0.4 is 14.4 Å². The molecule has 1 unspecified atom stereocenters. The van der Waals surface area contributed by atoms with Crippen LogP contribution in [0.4, 0.5) is 5.69 Å². The second kappa shape index (κ2) is 10.5. The molecule has 1 amide bonds. The van der Waals surface area contributed by atoms with Crippen molar-refractivity contribution in [2.75, 3.05) is 24.2 Å². The van der Waals surface area contributed by atoms with Crippen molar-refractivity contribution in [2.24, 2.45) is 0 Å². The topological polar surface area (TPSA) is 75.7 Å². The van der Waals surface area contributed by atoms with E-state index in [4.69, 9.17) is 4.74 Å². The second-order valence-electron chi connectivity index (χ2n) is 7.59. The van der Waals surface area contributed by atoms with Crippen molar-refractivity contribution in [1.29, 1.82) is 0 Å². The molecule has 0 aliphatic heterocycles. The quantitative estimate of drug-likeness (QED) is 0.613. The zero-order chi connectivity index (χ0) is 22.3. The molecule has 0 saturated carbocycles. The van der Waals surface area contributed by atoms with Crippen LogP contribution >= 0.6 is 0 Å². The molecule has 0 heterocycles. The van der Waals surface area contributed by atoms with Gasteiger partial charge in [-0.15, -0.1) is 0 Å². The van der Waals surface area contributed by atoms with Gasteiger partial charge in [0.1, 0.15) is 5.75 Å². The van der Waals surface area contributed by atoms with E-state index in [0.717, 1.165) is 28.9 Å². The normalized spacial score (nSPS) is 12.3. The molecule has 30 heavy (non-hydrogen) atoms. The lowest BCUT2D eigenvalue weighted by Crippen LogP contribution is -2.33. The molecular formula is C23H32N2O4S. The molecule has 0 fully saturated rings. The Hall–Kier alpha value is -2.54.